The highest BCUT2D eigenvalue weighted by atomic mass is 16.4. The van der Waals surface area contributed by atoms with Gasteiger partial charge in [-0.3, -0.25) is 4.79 Å². The molecule has 0 unspecified atom stereocenters. The van der Waals surface area contributed by atoms with Crippen LogP contribution in [0.4, 0.5) is 0 Å². The first kappa shape index (κ1) is 21.9. The minimum atomic E-state index is -0.741. The van der Waals surface area contributed by atoms with Crippen LogP contribution in [-0.2, 0) is 4.79 Å². The van der Waals surface area contributed by atoms with Gasteiger partial charge in [-0.2, -0.15) is 0 Å². The van der Waals surface area contributed by atoms with Crippen molar-refractivity contribution in [1.82, 2.24) is 0 Å². The molecule has 0 bridgehead atoms. The zero-order valence-corrected chi connectivity index (χ0v) is 14.9. The van der Waals surface area contributed by atoms with Crippen LogP contribution in [-0.4, -0.2) is 11.1 Å². The summed E-state index contributed by atoms with van der Waals surface area (Å²) in [5.74, 6) is -0.741. The lowest BCUT2D eigenvalue weighted by Gasteiger charge is -1.87. The molecule has 0 saturated heterocycles. The maximum atomic E-state index is 10.3. The molecule has 0 rings (SSSR count). The van der Waals surface area contributed by atoms with Crippen molar-refractivity contribution < 1.29 is 9.90 Å². The summed E-state index contributed by atoms with van der Waals surface area (Å²) in [5, 5.41) is 8.49. The average Bonchev–Trinajstić information content (AvgIpc) is 2.56. The van der Waals surface area contributed by atoms with Crippen molar-refractivity contribution >= 4 is 5.97 Å². The van der Waals surface area contributed by atoms with E-state index in [1.807, 2.05) is 12.2 Å². The predicted molar refractivity (Wildman–Crippen MR) is 105 cm³/mol. The van der Waals surface area contributed by atoms with Crippen LogP contribution >= 0.6 is 0 Å². The van der Waals surface area contributed by atoms with Gasteiger partial charge >= 0.3 is 5.97 Å². The molecule has 24 heavy (non-hydrogen) atoms. The van der Waals surface area contributed by atoms with E-state index in [1.165, 1.54) is 6.42 Å². The van der Waals surface area contributed by atoms with Crippen LogP contribution in [0.2, 0.25) is 0 Å². The number of unbranched alkanes of at least 4 members (excludes halogenated alkanes) is 2. The number of carboxylic acid groups (broad SMARTS) is 1. The summed E-state index contributed by atoms with van der Waals surface area (Å²) >= 11 is 0. The maximum Gasteiger partial charge on any atom is 0.303 e. The Morgan fingerprint density at radius 2 is 1.17 bits per heavy atom. The molecule has 1 N–H and O–H groups in total. The maximum absolute atomic E-state index is 10.3. The van der Waals surface area contributed by atoms with Gasteiger partial charge in [0.05, 0.1) is 0 Å². The van der Waals surface area contributed by atoms with Gasteiger partial charge in [0.2, 0.25) is 0 Å². The highest BCUT2D eigenvalue weighted by molar-refractivity contribution is 5.66. The molecular weight excluding hydrogens is 296 g/mol. The topological polar surface area (TPSA) is 37.3 Å². The fourth-order valence-corrected chi connectivity index (χ4v) is 1.82. The third-order valence-corrected chi connectivity index (χ3v) is 3.13. The third-order valence-electron chi connectivity index (χ3n) is 3.13. The molecule has 0 fully saturated rings. The van der Waals surface area contributed by atoms with Gasteiger partial charge in [-0.15, -0.1) is 0 Å². The van der Waals surface area contributed by atoms with Crippen LogP contribution in [0.15, 0.2) is 72.9 Å². The van der Waals surface area contributed by atoms with E-state index in [2.05, 4.69) is 67.7 Å². The summed E-state index contributed by atoms with van der Waals surface area (Å²) in [6, 6.07) is 0. The van der Waals surface area contributed by atoms with Gasteiger partial charge in [0.25, 0.3) is 0 Å². The molecule has 2 nitrogen and oxygen atoms in total. The quantitative estimate of drug-likeness (QED) is 0.223. The molecule has 0 saturated carbocycles. The smallest absolute Gasteiger partial charge is 0.303 e. The summed E-state index contributed by atoms with van der Waals surface area (Å²) in [6.07, 6.45) is 32.4. The predicted octanol–water partition coefficient (Wildman–Crippen LogP) is 6.55. The molecule has 0 aromatic rings. The molecule has 0 aliphatic rings. The summed E-state index contributed by atoms with van der Waals surface area (Å²) in [6.45, 7) is 2.18. The van der Waals surface area contributed by atoms with Gasteiger partial charge in [-0.1, -0.05) is 86.3 Å². The summed E-state index contributed by atoms with van der Waals surface area (Å²) < 4.78 is 0. The number of carboxylic acids is 1. The fourth-order valence-electron chi connectivity index (χ4n) is 1.82. The lowest BCUT2D eigenvalue weighted by atomic mass is 10.2. The van der Waals surface area contributed by atoms with E-state index >= 15 is 0 Å². The van der Waals surface area contributed by atoms with Crippen molar-refractivity contribution in [3.63, 3.8) is 0 Å². The van der Waals surface area contributed by atoms with Crippen molar-refractivity contribution in [3.8, 4) is 0 Å². The van der Waals surface area contributed by atoms with Gasteiger partial charge in [0.1, 0.15) is 0 Å². The van der Waals surface area contributed by atoms with Crippen molar-refractivity contribution in [2.45, 2.75) is 58.3 Å². The number of aliphatic carboxylic acids is 1. The lowest BCUT2D eigenvalue weighted by Crippen LogP contribution is -1.91. The molecule has 0 aromatic carbocycles. The highest BCUT2D eigenvalue weighted by Gasteiger charge is 1.90. The van der Waals surface area contributed by atoms with E-state index in [0.29, 0.717) is 6.42 Å². The Kier molecular flexibility index (Phi) is 17.3. The second-order valence-corrected chi connectivity index (χ2v) is 5.43. The number of hydrogen-bond acceptors (Lipinski definition) is 1. The van der Waals surface area contributed by atoms with E-state index in [4.69, 9.17) is 5.11 Å². The minimum Gasteiger partial charge on any atom is -0.481 e. The van der Waals surface area contributed by atoms with Crippen LogP contribution in [0, 0.1) is 0 Å². The zero-order chi connectivity index (χ0) is 17.7. The molecule has 0 aromatic heterocycles. The third kappa shape index (κ3) is 19.9. The van der Waals surface area contributed by atoms with E-state index in [9.17, 15) is 4.79 Å². The SMILES string of the molecule is CCC/C=C/C=C\C=C\CC/C=C\C/C=C\C/C=C\CCC(=O)O. The number of allylic oxidation sites excluding steroid dienone is 12. The first-order valence-electron chi connectivity index (χ1n) is 8.92. The number of carbonyl (C=O) groups is 1. The van der Waals surface area contributed by atoms with Crippen molar-refractivity contribution in [1.29, 1.82) is 0 Å². The van der Waals surface area contributed by atoms with Crippen LogP contribution in [0.25, 0.3) is 0 Å². The second-order valence-electron chi connectivity index (χ2n) is 5.43. The Morgan fingerprint density at radius 3 is 1.75 bits per heavy atom. The largest absolute Gasteiger partial charge is 0.481 e. The first-order chi connectivity index (χ1) is 11.8. The molecule has 0 heterocycles. The molecule has 0 spiro atoms. The molecule has 0 aliphatic carbocycles. The Morgan fingerprint density at radius 1 is 0.667 bits per heavy atom. The van der Waals surface area contributed by atoms with Crippen LogP contribution in [0.5, 0.6) is 0 Å². The van der Waals surface area contributed by atoms with Crippen LogP contribution < -0.4 is 0 Å². The molecule has 2 heteroatoms. The Labute approximate surface area is 147 Å². The van der Waals surface area contributed by atoms with E-state index in [0.717, 1.165) is 32.1 Å². The molecule has 0 atom stereocenters. The first-order valence-corrected chi connectivity index (χ1v) is 8.92. The minimum absolute atomic E-state index is 0.211. The van der Waals surface area contributed by atoms with Crippen LogP contribution in [0.3, 0.4) is 0 Å². The van der Waals surface area contributed by atoms with Gasteiger partial charge in [-0.25, -0.2) is 0 Å². The van der Waals surface area contributed by atoms with Gasteiger partial charge in [-0.05, 0) is 38.5 Å². The molecule has 132 valence electrons. The Bertz CT molecular complexity index is 462. The van der Waals surface area contributed by atoms with Crippen molar-refractivity contribution in [2.24, 2.45) is 0 Å². The second kappa shape index (κ2) is 19.0. The molecule has 0 aliphatic heterocycles. The van der Waals surface area contributed by atoms with Crippen molar-refractivity contribution in [2.75, 3.05) is 0 Å². The van der Waals surface area contributed by atoms with E-state index in [1.54, 1.807) is 0 Å². The van der Waals surface area contributed by atoms with E-state index < -0.39 is 5.97 Å². The normalized spacial score (nSPS) is 13.0. The summed E-state index contributed by atoms with van der Waals surface area (Å²) in [5.41, 5.74) is 0. The van der Waals surface area contributed by atoms with E-state index in [-0.39, 0.29) is 6.42 Å². The standard InChI is InChI=1S/C22H32O2/c1-2-3-4-5-6-7-8-9-10-11-12-13-14-15-16-17-18-19-20-21-22(23)24/h4-9,12-13,15-16,18-19H,2-3,10-11,14,17,20-21H2,1H3,(H,23,24)/b5-4+,7-6-,9-8+,13-12-,16-15-,19-18-. The van der Waals surface area contributed by atoms with Crippen LogP contribution in [0.1, 0.15) is 58.3 Å². The molecule has 0 radical (unpaired) electrons. The zero-order valence-electron chi connectivity index (χ0n) is 14.9. The number of hydrogen-bond donors (Lipinski definition) is 1. The monoisotopic (exact) mass is 328 g/mol. The average molecular weight is 328 g/mol. The van der Waals surface area contributed by atoms with Crippen molar-refractivity contribution in [3.05, 3.63) is 72.9 Å². The van der Waals surface area contributed by atoms with Gasteiger partial charge in [0, 0.05) is 6.42 Å². The van der Waals surface area contributed by atoms with Gasteiger partial charge < -0.3 is 5.11 Å². The molecular formula is C22H32O2. The number of rotatable bonds is 14. The lowest BCUT2D eigenvalue weighted by molar-refractivity contribution is -0.136. The Hall–Kier alpha value is -2.09. The summed E-state index contributed by atoms with van der Waals surface area (Å²) in [4.78, 5) is 10.3. The Balaban J connectivity index is 3.52. The summed E-state index contributed by atoms with van der Waals surface area (Å²) in [7, 11) is 0. The van der Waals surface area contributed by atoms with Gasteiger partial charge in [0.15, 0.2) is 0 Å². The fraction of sp³-hybridized carbons (Fsp3) is 0.409. The highest BCUT2D eigenvalue weighted by Crippen LogP contribution is 1.98. The molecule has 0 amide bonds.